The second kappa shape index (κ2) is 5.75. The van der Waals surface area contributed by atoms with Gasteiger partial charge < -0.3 is 11.1 Å². The van der Waals surface area contributed by atoms with Crippen molar-refractivity contribution in [3.8, 4) is 0 Å². The fourth-order valence-corrected chi connectivity index (χ4v) is 1.52. The van der Waals surface area contributed by atoms with Crippen molar-refractivity contribution in [2.45, 2.75) is 25.7 Å². The smallest absolute Gasteiger partial charge is 0.221 e. The Morgan fingerprint density at radius 2 is 2.38 bits per heavy atom. The second-order valence-corrected chi connectivity index (χ2v) is 3.49. The van der Waals surface area contributed by atoms with E-state index >= 15 is 0 Å². The maximum absolute atomic E-state index is 11.1. The first-order valence-electron chi connectivity index (χ1n) is 4.94. The summed E-state index contributed by atoms with van der Waals surface area (Å²) in [5, 5.41) is 2.90. The third-order valence-electron chi connectivity index (χ3n) is 2.34. The van der Waals surface area contributed by atoms with Gasteiger partial charge in [-0.3, -0.25) is 4.79 Å². The molecule has 0 spiro atoms. The van der Waals surface area contributed by atoms with E-state index in [9.17, 15) is 4.79 Å². The van der Waals surface area contributed by atoms with Gasteiger partial charge in [-0.25, -0.2) is 0 Å². The van der Waals surface area contributed by atoms with Crippen LogP contribution in [0.3, 0.4) is 0 Å². The van der Waals surface area contributed by atoms with E-state index in [1.54, 1.807) is 0 Å². The predicted octanol–water partition coefficient (Wildman–Crippen LogP) is 0.808. The van der Waals surface area contributed by atoms with Gasteiger partial charge in [0.2, 0.25) is 5.91 Å². The zero-order valence-electron chi connectivity index (χ0n) is 7.96. The number of hydrogen-bond acceptors (Lipinski definition) is 2. The average Bonchev–Trinajstić information content (AvgIpc) is 2.17. The lowest BCUT2D eigenvalue weighted by Crippen LogP contribution is -2.30. The molecule has 1 aliphatic carbocycles. The fourth-order valence-electron chi connectivity index (χ4n) is 1.52. The van der Waals surface area contributed by atoms with Crippen molar-refractivity contribution in [3.05, 3.63) is 12.2 Å². The lowest BCUT2D eigenvalue weighted by atomic mass is 9.94. The number of hydrogen-bond donors (Lipinski definition) is 2. The average molecular weight is 182 g/mol. The van der Waals surface area contributed by atoms with E-state index < -0.39 is 0 Å². The third-order valence-corrected chi connectivity index (χ3v) is 2.34. The van der Waals surface area contributed by atoms with Crippen molar-refractivity contribution in [1.29, 1.82) is 0 Å². The van der Waals surface area contributed by atoms with Crippen LogP contribution in [0.5, 0.6) is 0 Å². The molecule has 0 fully saturated rings. The Morgan fingerprint density at radius 1 is 1.54 bits per heavy atom. The summed E-state index contributed by atoms with van der Waals surface area (Å²) in [6, 6.07) is 0. The first-order valence-corrected chi connectivity index (χ1v) is 4.94. The molecule has 74 valence electrons. The highest BCUT2D eigenvalue weighted by Crippen LogP contribution is 2.16. The van der Waals surface area contributed by atoms with Crippen molar-refractivity contribution >= 4 is 5.91 Å². The maximum atomic E-state index is 11.1. The second-order valence-electron chi connectivity index (χ2n) is 3.49. The number of amides is 1. The van der Waals surface area contributed by atoms with E-state index in [0.29, 0.717) is 18.9 Å². The molecule has 3 nitrogen and oxygen atoms in total. The first kappa shape index (κ1) is 10.3. The summed E-state index contributed by atoms with van der Waals surface area (Å²) in [6.07, 6.45) is 8.30. The van der Waals surface area contributed by atoms with Crippen molar-refractivity contribution in [1.82, 2.24) is 5.32 Å². The standard InChI is InChI=1S/C10H18N2O/c11-7-6-10(13)12-8-9-4-2-1-3-5-9/h1-2,9H,3-8,11H2,(H,12,13). The molecule has 3 N–H and O–H groups in total. The maximum Gasteiger partial charge on any atom is 0.221 e. The third kappa shape index (κ3) is 4.08. The van der Waals surface area contributed by atoms with Gasteiger partial charge in [-0.05, 0) is 25.2 Å². The van der Waals surface area contributed by atoms with Gasteiger partial charge in [0.1, 0.15) is 0 Å². The van der Waals surface area contributed by atoms with Gasteiger partial charge in [-0.1, -0.05) is 12.2 Å². The van der Waals surface area contributed by atoms with Crippen LogP contribution in [-0.4, -0.2) is 19.0 Å². The summed E-state index contributed by atoms with van der Waals surface area (Å²) < 4.78 is 0. The van der Waals surface area contributed by atoms with E-state index in [2.05, 4.69) is 17.5 Å². The van der Waals surface area contributed by atoms with Crippen LogP contribution < -0.4 is 11.1 Å². The Bertz CT molecular complexity index is 189. The lowest BCUT2D eigenvalue weighted by molar-refractivity contribution is -0.121. The van der Waals surface area contributed by atoms with Crippen LogP contribution in [-0.2, 0) is 4.79 Å². The van der Waals surface area contributed by atoms with Gasteiger partial charge in [0.25, 0.3) is 0 Å². The fraction of sp³-hybridized carbons (Fsp3) is 0.700. The predicted molar refractivity (Wildman–Crippen MR) is 53.2 cm³/mol. The van der Waals surface area contributed by atoms with Crippen molar-refractivity contribution in [2.75, 3.05) is 13.1 Å². The van der Waals surface area contributed by atoms with Crippen LogP contribution >= 0.6 is 0 Å². The summed E-state index contributed by atoms with van der Waals surface area (Å²) in [6.45, 7) is 1.25. The molecule has 0 radical (unpaired) electrons. The zero-order valence-corrected chi connectivity index (χ0v) is 7.96. The van der Waals surface area contributed by atoms with E-state index in [-0.39, 0.29) is 5.91 Å². The molecule has 0 heterocycles. The van der Waals surface area contributed by atoms with Gasteiger partial charge >= 0.3 is 0 Å². The minimum Gasteiger partial charge on any atom is -0.356 e. The molecule has 0 saturated heterocycles. The van der Waals surface area contributed by atoms with Gasteiger partial charge in [-0.15, -0.1) is 0 Å². The van der Waals surface area contributed by atoms with Crippen LogP contribution in [0.4, 0.5) is 0 Å². The number of carbonyl (C=O) groups is 1. The normalized spacial score (nSPS) is 21.5. The molecule has 13 heavy (non-hydrogen) atoms. The Morgan fingerprint density at radius 3 is 3.00 bits per heavy atom. The first-order chi connectivity index (χ1) is 6.33. The zero-order chi connectivity index (χ0) is 9.52. The monoisotopic (exact) mass is 182 g/mol. The lowest BCUT2D eigenvalue weighted by Gasteiger charge is -2.17. The van der Waals surface area contributed by atoms with Gasteiger partial charge in [0.05, 0.1) is 0 Å². The molecule has 1 amide bonds. The quantitative estimate of drug-likeness (QED) is 0.632. The number of nitrogens with two attached hydrogens (primary N) is 1. The summed E-state index contributed by atoms with van der Waals surface area (Å²) in [7, 11) is 0. The largest absolute Gasteiger partial charge is 0.356 e. The summed E-state index contributed by atoms with van der Waals surface area (Å²) in [4.78, 5) is 11.1. The summed E-state index contributed by atoms with van der Waals surface area (Å²) in [5.41, 5.74) is 5.27. The van der Waals surface area contributed by atoms with Crippen LogP contribution in [0, 0.1) is 5.92 Å². The molecule has 0 saturated carbocycles. The molecule has 0 aromatic heterocycles. The van der Waals surface area contributed by atoms with Crippen LogP contribution in [0.25, 0.3) is 0 Å². The molecule has 1 rings (SSSR count). The van der Waals surface area contributed by atoms with Gasteiger partial charge in [0.15, 0.2) is 0 Å². The minimum atomic E-state index is 0.0806. The van der Waals surface area contributed by atoms with E-state index in [1.807, 2.05) is 0 Å². The molecule has 0 aromatic carbocycles. The number of allylic oxidation sites excluding steroid dienone is 2. The Balaban J connectivity index is 2.11. The van der Waals surface area contributed by atoms with E-state index in [4.69, 9.17) is 5.73 Å². The Labute approximate surface area is 79.4 Å². The Hall–Kier alpha value is -0.830. The molecular weight excluding hydrogens is 164 g/mol. The topological polar surface area (TPSA) is 55.1 Å². The SMILES string of the molecule is NCCC(=O)NCC1CC=CCC1. The highest BCUT2D eigenvalue weighted by Gasteiger charge is 2.10. The molecular formula is C10H18N2O. The Kier molecular flexibility index (Phi) is 4.54. The van der Waals surface area contributed by atoms with Crippen molar-refractivity contribution < 1.29 is 4.79 Å². The molecule has 1 unspecified atom stereocenters. The molecule has 1 atom stereocenters. The highest BCUT2D eigenvalue weighted by molar-refractivity contribution is 5.75. The molecule has 0 aromatic rings. The summed E-state index contributed by atoms with van der Waals surface area (Å²) >= 11 is 0. The van der Waals surface area contributed by atoms with Crippen molar-refractivity contribution in [3.63, 3.8) is 0 Å². The van der Waals surface area contributed by atoms with E-state index in [0.717, 1.165) is 19.4 Å². The number of nitrogens with one attached hydrogen (secondary N) is 1. The molecule has 3 heteroatoms. The van der Waals surface area contributed by atoms with Gasteiger partial charge in [0, 0.05) is 19.5 Å². The van der Waals surface area contributed by atoms with Crippen LogP contribution in [0.2, 0.25) is 0 Å². The van der Waals surface area contributed by atoms with E-state index in [1.165, 1.54) is 6.42 Å². The molecule has 0 aliphatic heterocycles. The molecule has 0 bridgehead atoms. The molecule has 1 aliphatic rings. The van der Waals surface area contributed by atoms with Crippen molar-refractivity contribution in [2.24, 2.45) is 11.7 Å². The van der Waals surface area contributed by atoms with Crippen LogP contribution in [0.15, 0.2) is 12.2 Å². The number of carbonyl (C=O) groups excluding carboxylic acids is 1. The number of rotatable bonds is 4. The van der Waals surface area contributed by atoms with Crippen LogP contribution in [0.1, 0.15) is 25.7 Å². The van der Waals surface area contributed by atoms with Gasteiger partial charge in [-0.2, -0.15) is 0 Å². The summed E-state index contributed by atoms with van der Waals surface area (Å²) in [5.74, 6) is 0.712. The highest BCUT2D eigenvalue weighted by atomic mass is 16.1. The minimum absolute atomic E-state index is 0.0806.